The SMILES string of the molecule is CC(CO)N(C)CCc1ccnn1C. The van der Waals surface area contributed by atoms with Gasteiger partial charge in [-0.1, -0.05) is 0 Å². The van der Waals surface area contributed by atoms with Crippen LogP contribution >= 0.6 is 0 Å². The maximum atomic E-state index is 8.96. The van der Waals surface area contributed by atoms with Crippen molar-refractivity contribution in [2.24, 2.45) is 7.05 Å². The van der Waals surface area contributed by atoms with E-state index in [1.54, 1.807) is 0 Å². The molecule has 0 radical (unpaired) electrons. The first kappa shape index (κ1) is 11.2. The van der Waals surface area contributed by atoms with E-state index in [-0.39, 0.29) is 12.6 Å². The topological polar surface area (TPSA) is 41.3 Å². The van der Waals surface area contributed by atoms with Crippen LogP contribution in [0.5, 0.6) is 0 Å². The van der Waals surface area contributed by atoms with E-state index in [0.29, 0.717) is 0 Å². The van der Waals surface area contributed by atoms with E-state index in [2.05, 4.69) is 10.00 Å². The standard InChI is InChI=1S/C10H19N3O/c1-9(8-14)12(2)7-5-10-4-6-11-13(10)3/h4,6,9,14H,5,7-8H2,1-3H3. The summed E-state index contributed by atoms with van der Waals surface area (Å²) in [5.74, 6) is 0. The van der Waals surface area contributed by atoms with E-state index in [1.807, 2.05) is 38.0 Å². The van der Waals surface area contributed by atoms with Crippen molar-refractivity contribution in [3.05, 3.63) is 18.0 Å². The molecule has 0 aliphatic carbocycles. The zero-order valence-corrected chi connectivity index (χ0v) is 9.14. The molecule has 1 rings (SSSR count). The van der Waals surface area contributed by atoms with Gasteiger partial charge in [-0.2, -0.15) is 5.10 Å². The summed E-state index contributed by atoms with van der Waals surface area (Å²) in [7, 11) is 3.97. The molecule has 0 saturated carbocycles. The summed E-state index contributed by atoms with van der Waals surface area (Å²) in [5, 5.41) is 13.1. The van der Waals surface area contributed by atoms with Gasteiger partial charge >= 0.3 is 0 Å². The van der Waals surface area contributed by atoms with Gasteiger partial charge < -0.3 is 10.0 Å². The summed E-state index contributed by atoms with van der Waals surface area (Å²) in [6.45, 7) is 3.17. The van der Waals surface area contributed by atoms with Crippen LogP contribution < -0.4 is 0 Å². The lowest BCUT2D eigenvalue weighted by atomic mass is 10.2. The molecule has 1 heterocycles. The van der Waals surface area contributed by atoms with Crippen LogP contribution in [0.15, 0.2) is 12.3 Å². The maximum absolute atomic E-state index is 8.96. The summed E-state index contributed by atoms with van der Waals surface area (Å²) in [6, 6.07) is 2.25. The Hall–Kier alpha value is -0.870. The van der Waals surface area contributed by atoms with E-state index in [4.69, 9.17) is 5.11 Å². The highest BCUT2D eigenvalue weighted by atomic mass is 16.3. The van der Waals surface area contributed by atoms with E-state index in [1.165, 1.54) is 5.69 Å². The average molecular weight is 197 g/mol. The maximum Gasteiger partial charge on any atom is 0.0584 e. The molecule has 0 aliphatic heterocycles. The van der Waals surface area contributed by atoms with Crippen molar-refractivity contribution in [2.75, 3.05) is 20.2 Å². The second kappa shape index (κ2) is 5.12. The highest BCUT2D eigenvalue weighted by Gasteiger charge is 2.08. The van der Waals surface area contributed by atoms with Gasteiger partial charge in [-0.05, 0) is 20.0 Å². The zero-order chi connectivity index (χ0) is 10.6. The molecule has 1 aromatic heterocycles. The quantitative estimate of drug-likeness (QED) is 0.737. The fourth-order valence-corrected chi connectivity index (χ4v) is 1.30. The first-order chi connectivity index (χ1) is 6.65. The van der Waals surface area contributed by atoms with Gasteiger partial charge in [0, 0.05) is 37.9 Å². The van der Waals surface area contributed by atoms with E-state index in [9.17, 15) is 0 Å². The first-order valence-electron chi connectivity index (χ1n) is 4.93. The van der Waals surface area contributed by atoms with Gasteiger partial charge in [-0.15, -0.1) is 0 Å². The fourth-order valence-electron chi connectivity index (χ4n) is 1.30. The molecule has 1 aromatic rings. The minimum absolute atomic E-state index is 0.210. The van der Waals surface area contributed by atoms with Crippen LogP contribution in [-0.4, -0.2) is 46.0 Å². The molecule has 1 N–H and O–H groups in total. The minimum atomic E-state index is 0.210. The molecule has 0 fully saturated rings. The second-order valence-electron chi connectivity index (χ2n) is 3.71. The molecule has 0 amide bonds. The molecule has 0 spiro atoms. The normalized spacial score (nSPS) is 13.5. The number of nitrogens with zero attached hydrogens (tertiary/aromatic N) is 3. The van der Waals surface area contributed by atoms with Crippen molar-refractivity contribution >= 4 is 0 Å². The Balaban J connectivity index is 2.37. The summed E-state index contributed by atoms with van der Waals surface area (Å²) in [5.41, 5.74) is 1.22. The predicted octanol–water partition coefficient (Wildman–Crippen LogP) is 0.275. The number of aryl methyl sites for hydroxylation is 1. The van der Waals surface area contributed by atoms with Crippen molar-refractivity contribution in [2.45, 2.75) is 19.4 Å². The summed E-state index contributed by atoms with van der Waals surface area (Å²) >= 11 is 0. The molecule has 0 saturated heterocycles. The molecular formula is C10H19N3O. The third kappa shape index (κ3) is 2.82. The molecule has 80 valence electrons. The van der Waals surface area contributed by atoms with Crippen LogP contribution in [0.4, 0.5) is 0 Å². The van der Waals surface area contributed by atoms with E-state index < -0.39 is 0 Å². The summed E-state index contributed by atoms with van der Waals surface area (Å²) in [4.78, 5) is 2.15. The Bertz CT molecular complexity index is 272. The van der Waals surface area contributed by atoms with Crippen molar-refractivity contribution in [3.63, 3.8) is 0 Å². The lowest BCUT2D eigenvalue weighted by molar-refractivity contribution is 0.160. The zero-order valence-electron chi connectivity index (χ0n) is 9.14. The summed E-state index contributed by atoms with van der Waals surface area (Å²) < 4.78 is 1.89. The number of hydrogen-bond acceptors (Lipinski definition) is 3. The molecule has 1 unspecified atom stereocenters. The number of rotatable bonds is 5. The number of likely N-dealkylation sites (N-methyl/N-ethyl adjacent to an activating group) is 1. The van der Waals surface area contributed by atoms with Crippen LogP contribution in [0.1, 0.15) is 12.6 Å². The van der Waals surface area contributed by atoms with Crippen LogP contribution in [0.25, 0.3) is 0 Å². The van der Waals surface area contributed by atoms with Crippen LogP contribution in [0.3, 0.4) is 0 Å². The average Bonchev–Trinajstić information content (AvgIpc) is 2.59. The fraction of sp³-hybridized carbons (Fsp3) is 0.700. The van der Waals surface area contributed by atoms with Crippen LogP contribution in [-0.2, 0) is 13.5 Å². The van der Waals surface area contributed by atoms with Gasteiger partial charge in [-0.3, -0.25) is 4.68 Å². The number of aliphatic hydroxyl groups excluding tert-OH is 1. The van der Waals surface area contributed by atoms with Gasteiger partial charge in [0.15, 0.2) is 0 Å². The van der Waals surface area contributed by atoms with Gasteiger partial charge in [0.05, 0.1) is 6.61 Å². The Morgan fingerprint density at radius 3 is 2.86 bits per heavy atom. The van der Waals surface area contributed by atoms with Crippen molar-refractivity contribution < 1.29 is 5.11 Å². The molecule has 1 atom stereocenters. The Kier molecular flexibility index (Phi) is 4.10. The highest BCUT2D eigenvalue weighted by molar-refractivity contribution is 5.00. The number of hydrogen-bond donors (Lipinski definition) is 1. The molecule has 0 bridgehead atoms. The number of aromatic nitrogens is 2. The molecule has 0 aliphatic rings. The smallest absolute Gasteiger partial charge is 0.0584 e. The van der Waals surface area contributed by atoms with Crippen LogP contribution in [0.2, 0.25) is 0 Å². The lowest BCUT2D eigenvalue weighted by Gasteiger charge is -2.22. The van der Waals surface area contributed by atoms with Crippen molar-refractivity contribution in [1.29, 1.82) is 0 Å². The molecule has 4 heteroatoms. The molecule has 14 heavy (non-hydrogen) atoms. The predicted molar refractivity (Wildman–Crippen MR) is 56.1 cm³/mol. The van der Waals surface area contributed by atoms with Crippen molar-refractivity contribution in [1.82, 2.24) is 14.7 Å². The Labute approximate surface area is 85.1 Å². The third-order valence-electron chi connectivity index (χ3n) is 2.66. The number of aliphatic hydroxyl groups is 1. The molecular weight excluding hydrogens is 178 g/mol. The Morgan fingerprint density at radius 2 is 2.36 bits per heavy atom. The molecule has 0 aromatic carbocycles. The monoisotopic (exact) mass is 197 g/mol. The highest BCUT2D eigenvalue weighted by Crippen LogP contribution is 2.01. The third-order valence-corrected chi connectivity index (χ3v) is 2.66. The van der Waals surface area contributed by atoms with Gasteiger partial charge in [-0.25, -0.2) is 0 Å². The van der Waals surface area contributed by atoms with E-state index in [0.717, 1.165) is 13.0 Å². The van der Waals surface area contributed by atoms with Gasteiger partial charge in [0.1, 0.15) is 0 Å². The minimum Gasteiger partial charge on any atom is -0.395 e. The van der Waals surface area contributed by atoms with Gasteiger partial charge in [0.2, 0.25) is 0 Å². The molecule has 4 nitrogen and oxygen atoms in total. The van der Waals surface area contributed by atoms with Gasteiger partial charge in [0.25, 0.3) is 0 Å². The second-order valence-corrected chi connectivity index (χ2v) is 3.71. The Morgan fingerprint density at radius 1 is 1.64 bits per heavy atom. The summed E-state index contributed by atoms with van der Waals surface area (Å²) in [6.07, 6.45) is 2.78. The largest absolute Gasteiger partial charge is 0.395 e. The lowest BCUT2D eigenvalue weighted by Crippen LogP contribution is -2.33. The van der Waals surface area contributed by atoms with Crippen molar-refractivity contribution in [3.8, 4) is 0 Å². The van der Waals surface area contributed by atoms with E-state index >= 15 is 0 Å². The first-order valence-corrected chi connectivity index (χ1v) is 4.93. The van der Waals surface area contributed by atoms with Crippen LogP contribution in [0, 0.1) is 0 Å².